The highest BCUT2D eigenvalue weighted by Gasteiger charge is 2.14. The maximum Gasteiger partial charge on any atom is 0.266 e. The van der Waals surface area contributed by atoms with E-state index in [1.54, 1.807) is 25.3 Å². The molecule has 0 saturated carbocycles. The Bertz CT molecular complexity index is 879. The van der Waals surface area contributed by atoms with Crippen LogP contribution in [0.2, 0.25) is 0 Å². The van der Waals surface area contributed by atoms with Crippen molar-refractivity contribution >= 4 is 17.7 Å². The van der Waals surface area contributed by atoms with Gasteiger partial charge in [0.25, 0.3) is 5.91 Å². The number of benzene rings is 2. The number of methoxy groups -OCH3 is 1. The van der Waals surface area contributed by atoms with Gasteiger partial charge in [-0.3, -0.25) is 4.79 Å². The summed E-state index contributed by atoms with van der Waals surface area (Å²) in [6, 6.07) is 14.8. The molecule has 2 rings (SSSR count). The number of ether oxygens (including phenoxy) is 2. The second-order valence-electron chi connectivity index (χ2n) is 6.21. The van der Waals surface area contributed by atoms with Gasteiger partial charge in [0, 0.05) is 17.3 Å². The summed E-state index contributed by atoms with van der Waals surface area (Å²) in [6.07, 6.45) is 2.26. The summed E-state index contributed by atoms with van der Waals surface area (Å²) in [5.74, 6) is 0.742. The van der Waals surface area contributed by atoms with E-state index in [9.17, 15) is 10.1 Å². The number of nitrogens with one attached hydrogen (secondary N) is 1. The van der Waals surface area contributed by atoms with Gasteiger partial charge in [0.05, 0.1) is 13.2 Å². The van der Waals surface area contributed by atoms with Gasteiger partial charge in [-0.05, 0) is 50.1 Å². The van der Waals surface area contributed by atoms with Crippen LogP contribution in [-0.4, -0.2) is 19.1 Å². The minimum Gasteiger partial charge on any atom is -0.497 e. The van der Waals surface area contributed by atoms with Crippen molar-refractivity contribution in [2.24, 2.45) is 0 Å². The number of anilines is 1. The number of hydrogen-bond donors (Lipinski definition) is 1. The van der Waals surface area contributed by atoms with Crippen molar-refractivity contribution in [2.75, 3.05) is 12.4 Å². The standard InChI is InChI=1S/C22H24N2O3/c1-5-16-8-6-7-9-20(16)24-22(25)18(14-23)12-17-10-11-19(26-4)13-21(17)27-15(2)3/h6-13,15H,5H2,1-4H3,(H,24,25)/b18-12+. The van der Waals surface area contributed by atoms with E-state index in [4.69, 9.17) is 9.47 Å². The number of nitriles is 1. The van der Waals surface area contributed by atoms with Crippen LogP contribution in [0.3, 0.4) is 0 Å². The average molecular weight is 364 g/mol. The van der Waals surface area contributed by atoms with Crippen LogP contribution in [0.5, 0.6) is 11.5 Å². The summed E-state index contributed by atoms with van der Waals surface area (Å²) in [7, 11) is 1.57. The summed E-state index contributed by atoms with van der Waals surface area (Å²) in [5, 5.41) is 12.3. The van der Waals surface area contributed by atoms with Crippen LogP contribution in [0.4, 0.5) is 5.69 Å². The van der Waals surface area contributed by atoms with Crippen molar-refractivity contribution in [2.45, 2.75) is 33.3 Å². The van der Waals surface area contributed by atoms with E-state index in [2.05, 4.69) is 5.32 Å². The Labute approximate surface area is 160 Å². The predicted octanol–water partition coefficient (Wildman–Crippen LogP) is 4.59. The Kier molecular flexibility index (Phi) is 7.01. The molecule has 2 aromatic rings. The van der Waals surface area contributed by atoms with Crippen molar-refractivity contribution in [3.8, 4) is 17.6 Å². The van der Waals surface area contributed by atoms with Crippen LogP contribution < -0.4 is 14.8 Å². The summed E-state index contributed by atoms with van der Waals surface area (Å²) in [4.78, 5) is 12.6. The molecule has 0 radical (unpaired) electrons. The fourth-order valence-electron chi connectivity index (χ4n) is 2.56. The van der Waals surface area contributed by atoms with E-state index in [0.29, 0.717) is 22.7 Å². The maximum absolute atomic E-state index is 12.6. The van der Waals surface area contributed by atoms with E-state index >= 15 is 0 Å². The summed E-state index contributed by atoms with van der Waals surface area (Å²) in [6.45, 7) is 5.83. The van der Waals surface area contributed by atoms with Crippen molar-refractivity contribution < 1.29 is 14.3 Å². The highest BCUT2D eigenvalue weighted by molar-refractivity contribution is 6.10. The molecule has 2 aromatic carbocycles. The molecule has 0 aliphatic heterocycles. The molecular weight excluding hydrogens is 340 g/mol. The van der Waals surface area contributed by atoms with Crippen molar-refractivity contribution in [1.82, 2.24) is 0 Å². The van der Waals surface area contributed by atoms with Crippen molar-refractivity contribution in [3.05, 3.63) is 59.2 Å². The summed E-state index contributed by atoms with van der Waals surface area (Å²) >= 11 is 0. The van der Waals surface area contributed by atoms with E-state index in [1.807, 2.05) is 51.1 Å². The van der Waals surface area contributed by atoms with Gasteiger partial charge in [-0.1, -0.05) is 25.1 Å². The first-order valence-corrected chi connectivity index (χ1v) is 8.84. The van der Waals surface area contributed by atoms with Crippen LogP contribution >= 0.6 is 0 Å². The quantitative estimate of drug-likeness (QED) is 0.576. The van der Waals surface area contributed by atoms with Crippen LogP contribution in [0.1, 0.15) is 31.9 Å². The fourth-order valence-corrected chi connectivity index (χ4v) is 2.56. The Morgan fingerprint density at radius 2 is 2.00 bits per heavy atom. The second kappa shape index (κ2) is 9.44. The van der Waals surface area contributed by atoms with Gasteiger partial charge >= 0.3 is 0 Å². The Morgan fingerprint density at radius 1 is 1.26 bits per heavy atom. The fraction of sp³-hybridized carbons (Fsp3) is 0.273. The minimum atomic E-state index is -0.454. The van der Waals surface area contributed by atoms with E-state index < -0.39 is 5.91 Å². The Hall–Kier alpha value is -3.26. The third-order valence-electron chi connectivity index (χ3n) is 3.89. The van der Waals surface area contributed by atoms with Crippen LogP contribution in [-0.2, 0) is 11.2 Å². The zero-order valence-electron chi connectivity index (χ0n) is 16.1. The molecule has 0 unspecified atom stereocenters. The minimum absolute atomic E-state index is 0.000297. The number of rotatable bonds is 7. The largest absolute Gasteiger partial charge is 0.497 e. The van der Waals surface area contributed by atoms with Gasteiger partial charge in [0.1, 0.15) is 23.1 Å². The van der Waals surface area contributed by atoms with E-state index in [-0.39, 0.29) is 11.7 Å². The molecule has 0 bridgehead atoms. The van der Waals surface area contributed by atoms with E-state index in [1.165, 1.54) is 6.08 Å². The van der Waals surface area contributed by atoms with Crippen molar-refractivity contribution in [3.63, 3.8) is 0 Å². The molecule has 0 spiro atoms. The second-order valence-corrected chi connectivity index (χ2v) is 6.21. The van der Waals surface area contributed by atoms with Gasteiger partial charge in [-0.15, -0.1) is 0 Å². The molecule has 5 nitrogen and oxygen atoms in total. The molecular formula is C22H24N2O3. The van der Waals surface area contributed by atoms with Gasteiger partial charge < -0.3 is 14.8 Å². The molecule has 0 fully saturated rings. The monoisotopic (exact) mass is 364 g/mol. The number of aryl methyl sites for hydroxylation is 1. The van der Waals surface area contributed by atoms with Crippen LogP contribution in [0.15, 0.2) is 48.0 Å². The molecule has 0 heterocycles. The van der Waals surface area contributed by atoms with Gasteiger partial charge in [0.2, 0.25) is 0 Å². The molecule has 5 heteroatoms. The predicted molar refractivity (Wildman–Crippen MR) is 107 cm³/mol. The number of para-hydroxylation sites is 1. The Balaban J connectivity index is 2.35. The van der Waals surface area contributed by atoms with Gasteiger partial charge in [-0.2, -0.15) is 5.26 Å². The molecule has 1 amide bonds. The van der Waals surface area contributed by atoms with Gasteiger partial charge in [-0.25, -0.2) is 0 Å². The number of carbonyl (C=O) groups excluding carboxylic acids is 1. The lowest BCUT2D eigenvalue weighted by Gasteiger charge is -2.14. The smallest absolute Gasteiger partial charge is 0.266 e. The lowest BCUT2D eigenvalue weighted by atomic mass is 10.1. The zero-order valence-corrected chi connectivity index (χ0v) is 16.1. The van der Waals surface area contributed by atoms with Crippen LogP contribution in [0.25, 0.3) is 6.08 Å². The highest BCUT2D eigenvalue weighted by Crippen LogP contribution is 2.28. The molecule has 0 aliphatic rings. The maximum atomic E-state index is 12.6. The first-order chi connectivity index (χ1) is 13.0. The lowest BCUT2D eigenvalue weighted by molar-refractivity contribution is -0.112. The molecule has 1 N–H and O–H groups in total. The Morgan fingerprint density at radius 3 is 2.63 bits per heavy atom. The number of nitrogens with zero attached hydrogens (tertiary/aromatic N) is 1. The highest BCUT2D eigenvalue weighted by atomic mass is 16.5. The normalized spacial score (nSPS) is 11.0. The third kappa shape index (κ3) is 5.35. The first-order valence-electron chi connectivity index (χ1n) is 8.84. The third-order valence-corrected chi connectivity index (χ3v) is 3.89. The van der Waals surface area contributed by atoms with E-state index in [0.717, 1.165) is 12.0 Å². The zero-order chi connectivity index (χ0) is 19.8. The lowest BCUT2D eigenvalue weighted by Crippen LogP contribution is -2.15. The number of amides is 1. The number of hydrogen-bond acceptors (Lipinski definition) is 4. The first kappa shape index (κ1) is 20.1. The van der Waals surface area contributed by atoms with Crippen LogP contribution in [0, 0.1) is 11.3 Å². The SMILES string of the molecule is CCc1ccccc1NC(=O)/C(C#N)=C/c1ccc(OC)cc1OC(C)C. The summed E-state index contributed by atoms with van der Waals surface area (Å²) in [5.41, 5.74) is 2.36. The molecule has 0 atom stereocenters. The topological polar surface area (TPSA) is 71.4 Å². The van der Waals surface area contributed by atoms with Gasteiger partial charge in [0.15, 0.2) is 0 Å². The molecule has 140 valence electrons. The average Bonchev–Trinajstić information content (AvgIpc) is 2.66. The molecule has 0 aliphatic carbocycles. The molecule has 0 aromatic heterocycles. The molecule has 0 saturated heterocycles. The molecule has 27 heavy (non-hydrogen) atoms. The summed E-state index contributed by atoms with van der Waals surface area (Å²) < 4.78 is 11.0. The van der Waals surface area contributed by atoms with Crippen molar-refractivity contribution in [1.29, 1.82) is 5.26 Å². The number of carbonyl (C=O) groups is 1.